The minimum absolute atomic E-state index is 0.927. The zero-order valence-corrected chi connectivity index (χ0v) is 9.06. The highest BCUT2D eigenvalue weighted by atomic mass is 15.6. The first-order valence-corrected chi connectivity index (χ1v) is 5.33. The molecule has 0 fully saturated rings. The summed E-state index contributed by atoms with van der Waals surface area (Å²) in [6.45, 7) is 0. The van der Waals surface area contributed by atoms with Crippen LogP contribution in [0.5, 0.6) is 0 Å². The summed E-state index contributed by atoms with van der Waals surface area (Å²) in [6, 6.07) is 18.2. The van der Waals surface area contributed by atoms with Gasteiger partial charge in [0.05, 0.1) is 5.69 Å². The van der Waals surface area contributed by atoms with Gasteiger partial charge in [-0.15, -0.1) is 15.0 Å². The molecule has 0 radical (unpaired) electrons. The fourth-order valence-electron chi connectivity index (χ4n) is 1.79. The highest BCUT2D eigenvalue weighted by Gasteiger charge is 2.06. The van der Waals surface area contributed by atoms with Gasteiger partial charge >= 0.3 is 0 Å². The van der Waals surface area contributed by atoms with E-state index in [9.17, 15) is 0 Å². The normalized spacial score (nSPS) is 10.4. The SMILES string of the molecule is c1ccc(-c2ccccc2-n2ncnn2)cc1. The van der Waals surface area contributed by atoms with Gasteiger partial charge in [0.15, 0.2) is 6.33 Å². The molecule has 0 atom stereocenters. The summed E-state index contributed by atoms with van der Waals surface area (Å²) < 4.78 is 0. The number of rotatable bonds is 2. The van der Waals surface area contributed by atoms with E-state index in [-0.39, 0.29) is 0 Å². The lowest BCUT2D eigenvalue weighted by Gasteiger charge is -2.07. The second-order valence-corrected chi connectivity index (χ2v) is 3.61. The van der Waals surface area contributed by atoms with Crippen LogP contribution in [0.15, 0.2) is 60.9 Å². The van der Waals surface area contributed by atoms with Gasteiger partial charge in [0.25, 0.3) is 0 Å². The Morgan fingerprint density at radius 2 is 1.59 bits per heavy atom. The van der Waals surface area contributed by atoms with Crippen molar-refractivity contribution in [2.75, 3.05) is 0 Å². The molecule has 0 amide bonds. The van der Waals surface area contributed by atoms with Crippen LogP contribution in [0.3, 0.4) is 0 Å². The summed E-state index contributed by atoms with van der Waals surface area (Å²) in [5.74, 6) is 0. The standard InChI is InChI=1S/C13H10N4/c1-2-6-11(7-3-1)12-8-4-5-9-13(12)17-15-10-14-16-17/h1-10H. The van der Waals surface area contributed by atoms with Gasteiger partial charge in [0.1, 0.15) is 0 Å². The molecular weight excluding hydrogens is 212 g/mol. The van der Waals surface area contributed by atoms with Gasteiger partial charge in [0.2, 0.25) is 0 Å². The third-order valence-electron chi connectivity index (χ3n) is 2.55. The van der Waals surface area contributed by atoms with Crippen LogP contribution in [0.4, 0.5) is 0 Å². The highest BCUT2D eigenvalue weighted by Crippen LogP contribution is 2.24. The van der Waals surface area contributed by atoms with Crippen LogP contribution in [-0.2, 0) is 0 Å². The van der Waals surface area contributed by atoms with E-state index in [1.54, 1.807) is 0 Å². The van der Waals surface area contributed by atoms with E-state index in [4.69, 9.17) is 0 Å². The Morgan fingerprint density at radius 1 is 0.824 bits per heavy atom. The van der Waals surface area contributed by atoms with E-state index in [2.05, 4.69) is 27.5 Å². The number of para-hydroxylation sites is 1. The average molecular weight is 222 g/mol. The van der Waals surface area contributed by atoms with Crippen molar-refractivity contribution in [1.29, 1.82) is 0 Å². The molecule has 0 aliphatic carbocycles. The molecule has 1 aromatic heterocycles. The van der Waals surface area contributed by atoms with Crippen molar-refractivity contribution in [3.63, 3.8) is 0 Å². The number of hydrogen-bond donors (Lipinski definition) is 0. The molecule has 0 bridgehead atoms. The minimum Gasteiger partial charge on any atom is -0.135 e. The molecule has 0 saturated carbocycles. The molecular formula is C13H10N4. The average Bonchev–Trinajstić information content (AvgIpc) is 2.94. The molecule has 0 aliphatic rings. The van der Waals surface area contributed by atoms with Crippen LogP contribution >= 0.6 is 0 Å². The Balaban J connectivity index is 2.18. The molecule has 82 valence electrons. The highest BCUT2D eigenvalue weighted by molar-refractivity contribution is 5.72. The molecule has 0 unspecified atom stereocenters. The fourth-order valence-corrected chi connectivity index (χ4v) is 1.79. The van der Waals surface area contributed by atoms with Crippen molar-refractivity contribution in [2.24, 2.45) is 0 Å². The maximum Gasteiger partial charge on any atom is 0.162 e. The van der Waals surface area contributed by atoms with Crippen LogP contribution in [0, 0.1) is 0 Å². The lowest BCUT2D eigenvalue weighted by atomic mass is 10.0. The van der Waals surface area contributed by atoms with Gasteiger partial charge in [0, 0.05) is 5.56 Å². The lowest BCUT2D eigenvalue weighted by Crippen LogP contribution is -2.00. The lowest BCUT2D eigenvalue weighted by molar-refractivity contribution is 0.721. The summed E-state index contributed by atoms with van der Waals surface area (Å²) in [5, 5.41) is 11.7. The van der Waals surface area contributed by atoms with Gasteiger partial charge in [-0.3, -0.25) is 0 Å². The molecule has 17 heavy (non-hydrogen) atoms. The second-order valence-electron chi connectivity index (χ2n) is 3.61. The van der Waals surface area contributed by atoms with E-state index in [0.29, 0.717) is 0 Å². The second kappa shape index (κ2) is 4.17. The van der Waals surface area contributed by atoms with Gasteiger partial charge in [-0.05, 0) is 16.8 Å². The Kier molecular flexibility index (Phi) is 2.38. The third-order valence-corrected chi connectivity index (χ3v) is 2.55. The minimum atomic E-state index is 0.927. The number of tetrazole rings is 1. The van der Waals surface area contributed by atoms with E-state index in [1.165, 1.54) is 11.1 Å². The molecule has 3 aromatic rings. The molecule has 0 N–H and O–H groups in total. The zero-order chi connectivity index (χ0) is 11.5. The van der Waals surface area contributed by atoms with E-state index >= 15 is 0 Å². The maximum absolute atomic E-state index is 4.07. The summed E-state index contributed by atoms with van der Waals surface area (Å²) in [6.07, 6.45) is 1.43. The third kappa shape index (κ3) is 1.80. The van der Waals surface area contributed by atoms with Crippen molar-refractivity contribution >= 4 is 0 Å². The quantitative estimate of drug-likeness (QED) is 0.668. The van der Waals surface area contributed by atoms with E-state index in [1.807, 2.05) is 42.5 Å². The van der Waals surface area contributed by atoms with Crippen LogP contribution in [0.2, 0.25) is 0 Å². The van der Waals surface area contributed by atoms with Crippen molar-refractivity contribution in [2.45, 2.75) is 0 Å². The Bertz CT molecular complexity index is 602. The molecule has 0 aliphatic heterocycles. The van der Waals surface area contributed by atoms with E-state index in [0.717, 1.165) is 16.8 Å². The molecule has 4 nitrogen and oxygen atoms in total. The first kappa shape index (κ1) is 9.72. The Hall–Kier alpha value is -2.49. The Morgan fingerprint density at radius 3 is 2.35 bits per heavy atom. The maximum atomic E-state index is 4.07. The van der Waals surface area contributed by atoms with Crippen molar-refractivity contribution in [1.82, 2.24) is 20.2 Å². The molecule has 0 saturated heterocycles. The first-order chi connectivity index (χ1) is 8.45. The van der Waals surface area contributed by atoms with Crippen LogP contribution in [0.1, 0.15) is 0 Å². The smallest absolute Gasteiger partial charge is 0.135 e. The van der Waals surface area contributed by atoms with E-state index < -0.39 is 0 Å². The summed E-state index contributed by atoms with van der Waals surface area (Å²) in [4.78, 5) is 1.53. The zero-order valence-electron chi connectivity index (χ0n) is 9.06. The Labute approximate surface area is 98.5 Å². The largest absolute Gasteiger partial charge is 0.162 e. The summed E-state index contributed by atoms with van der Waals surface area (Å²) >= 11 is 0. The number of hydrogen-bond acceptors (Lipinski definition) is 3. The van der Waals surface area contributed by atoms with Crippen molar-refractivity contribution in [3.8, 4) is 16.8 Å². The summed E-state index contributed by atoms with van der Waals surface area (Å²) in [7, 11) is 0. The predicted octanol–water partition coefficient (Wildman–Crippen LogP) is 2.33. The first-order valence-electron chi connectivity index (χ1n) is 5.33. The van der Waals surface area contributed by atoms with Crippen LogP contribution in [0.25, 0.3) is 16.8 Å². The van der Waals surface area contributed by atoms with Gasteiger partial charge in [-0.25, -0.2) is 0 Å². The van der Waals surface area contributed by atoms with Gasteiger partial charge in [-0.1, -0.05) is 48.5 Å². The molecule has 4 heteroatoms. The van der Waals surface area contributed by atoms with Crippen molar-refractivity contribution in [3.05, 3.63) is 60.9 Å². The fraction of sp³-hybridized carbons (Fsp3) is 0. The molecule has 2 aromatic carbocycles. The molecule has 1 heterocycles. The van der Waals surface area contributed by atoms with Crippen LogP contribution < -0.4 is 0 Å². The monoisotopic (exact) mass is 222 g/mol. The topological polar surface area (TPSA) is 43.6 Å². The van der Waals surface area contributed by atoms with Gasteiger partial charge in [-0.2, -0.15) is 0 Å². The van der Waals surface area contributed by atoms with Gasteiger partial charge < -0.3 is 0 Å². The molecule has 0 spiro atoms. The van der Waals surface area contributed by atoms with Crippen molar-refractivity contribution < 1.29 is 0 Å². The number of nitrogens with zero attached hydrogens (tertiary/aromatic N) is 4. The van der Waals surface area contributed by atoms with Crippen LogP contribution in [-0.4, -0.2) is 20.2 Å². The molecule has 3 rings (SSSR count). The number of benzene rings is 2. The summed E-state index contributed by atoms with van der Waals surface area (Å²) in [5.41, 5.74) is 3.16. The predicted molar refractivity (Wildman–Crippen MR) is 64.6 cm³/mol. The number of aromatic nitrogens is 4.